The summed E-state index contributed by atoms with van der Waals surface area (Å²) >= 11 is 1.74. The Kier molecular flexibility index (Phi) is 3.03. The molecule has 0 amide bonds. The molecule has 0 unspecified atom stereocenters. The molecule has 3 heterocycles. The smallest absolute Gasteiger partial charge is 0.186 e. The molecule has 0 N–H and O–H groups in total. The normalized spacial score (nSPS) is 15.4. The second-order valence-corrected chi connectivity index (χ2v) is 6.37. The second-order valence-electron chi connectivity index (χ2n) is 5.36. The maximum absolute atomic E-state index is 5.26. The third-order valence-electron chi connectivity index (χ3n) is 3.84. The van der Waals surface area contributed by atoms with Crippen molar-refractivity contribution in [2.75, 3.05) is 25.1 Å². The average Bonchev–Trinajstić information content (AvgIpc) is 3.10. The Morgan fingerprint density at radius 3 is 3.05 bits per heavy atom. The molecule has 0 spiro atoms. The van der Waals surface area contributed by atoms with Crippen molar-refractivity contribution in [3.63, 3.8) is 0 Å². The van der Waals surface area contributed by atoms with E-state index in [2.05, 4.69) is 20.5 Å². The number of hydrogen-bond acceptors (Lipinski definition) is 5. The van der Waals surface area contributed by atoms with Gasteiger partial charge in [-0.2, -0.15) is 0 Å². The van der Waals surface area contributed by atoms with Crippen LogP contribution < -0.4 is 9.64 Å². The van der Waals surface area contributed by atoms with E-state index in [9.17, 15) is 0 Å². The summed E-state index contributed by atoms with van der Waals surface area (Å²) in [6.45, 7) is 3.17. The Labute approximate surface area is 126 Å². The summed E-state index contributed by atoms with van der Waals surface area (Å²) in [7, 11) is 1.69. The van der Waals surface area contributed by atoms with Crippen molar-refractivity contribution in [3.05, 3.63) is 36.9 Å². The van der Waals surface area contributed by atoms with Crippen LogP contribution in [0, 0.1) is 5.92 Å². The molecule has 1 aliphatic rings. The monoisotopic (exact) mass is 300 g/mol. The lowest BCUT2D eigenvalue weighted by Crippen LogP contribution is -2.48. The standard InChI is InChI=1S/C15H16N4OS/c1-20-12-2-3-13-14(6-12)21-15(17-13)19-8-11(9-19)7-18-5-4-16-10-18/h2-6,10-11H,7-9H2,1H3. The van der Waals surface area contributed by atoms with Gasteiger partial charge in [-0.3, -0.25) is 0 Å². The van der Waals surface area contributed by atoms with Gasteiger partial charge >= 0.3 is 0 Å². The van der Waals surface area contributed by atoms with E-state index in [0.717, 1.165) is 36.0 Å². The van der Waals surface area contributed by atoms with Crippen molar-refractivity contribution in [1.82, 2.24) is 14.5 Å². The van der Waals surface area contributed by atoms with Crippen LogP contribution in [0.3, 0.4) is 0 Å². The predicted octanol–water partition coefficient (Wildman–Crippen LogP) is 2.64. The molecule has 0 saturated carbocycles. The topological polar surface area (TPSA) is 43.2 Å². The Morgan fingerprint density at radius 1 is 1.38 bits per heavy atom. The number of benzene rings is 1. The molecule has 108 valence electrons. The largest absolute Gasteiger partial charge is 0.497 e. The molecule has 6 heteroatoms. The highest BCUT2D eigenvalue weighted by atomic mass is 32.1. The van der Waals surface area contributed by atoms with Gasteiger partial charge < -0.3 is 14.2 Å². The van der Waals surface area contributed by atoms with E-state index in [0.29, 0.717) is 5.92 Å². The summed E-state index contributed by atoms with van der Waals surface area (Å²) in [5, 5.41) is 1.11. The van der Waals surface area contributed by atoms with Crippen molar-refractivity contribution in [1.29, 1.82) is 0 Å². The van der Waals surface area contributed by atoms with Crippen LogP contribution in [0.2, 0.25) is 0 Å². The minimum Gasteiger partial charge on any atom is -0.497 e. The first-order valence-corrected chi connectivity index (χ1v) is 7.79. The lowest BCUT2D eigenvalue weighted by molar-refractivity contribution is 0.357. The third kappa shape index (κ3) is 2.35. The SMILES string of the molecule is COc1ccc2nc(N3CC(Cn4ccnc4)C3)sc2c1. The number of methoxy groups -OCH3 is 1. The van der Waals surface area contributed by atoms with Gasteiger partial charge in [0.25, 0.3) is 0 Å². The van der Waals surface area contributed by atoms with Crippen molar-refractivity contribution >= 4 is 26.7 Å². The fourth-order valence-electron chi connectivity index (χ4n) is 2.69. The highest BCUT2D eigenvalue weighted by Gasteiger charge is 2.29. The molecule has 1 fully saturated rings. The van der Waals surface area contributed by atoms with E-state index < -0.39 is 0 Å². The summed E-state index contributed by atoms with van der Waals surface area (Å²) in [6, 6.07) is 6.04. The first-order chi connectivity index (χ1) is 10.3. The number of nitrogens with zero attached hydrogens (tertiary/aromatic N) is 4. The van der Waals surface area contributed by atoms with Gasteiger partial charge in [0.15, 0.2) is 5.13 Å². The zero-order valence-electron chi connectivity index (χ0n) is 11.8. The molecule has 1 aromatic carbocycles. The zero-order chi connectivity index (χ0) is 14.2. The summed E-state index contributed by atoms with van der Waals surface area (Å²) in [5.74, 6) is 1.57. The highest BCUT2D eigenvalue weighted by molar-refractivity contribution is 7.22. The molecular formula is C15H16N4OS. The first kappa shape index (κ1) is 12.6. The van der Waals surface area contributed by atoms with Crippen molar-refractivity contribution < 1.29 is 4.74 Å². The molecule has 1 aliphatic heterocycles. The molecule has 0 bridgehead atoms. The fourth-order valence-corrected chi connectivity index (χ4v) is 3.70. The molecule has 2 aromatic heterocycles. The fraction of sp³-hybridized carbons (Fsp3) is 0.333. The first-order valence-electron chi connectivity index (χ1n) is 6.97. The van der Waals surface area contributed by atoms with E-state index >= 15 is 0 Å². The number of imidazole rings is 1. The van der Waals surface area contributed by atoms with Gasteiger partial charge in [0, 0.05) is 37.9 Å². The van der Waals surface area contributed by atoms with Gasteiger partial charge in [-0.05, 0) is 18.2 Å². The lowest BCUT2D eigenvalue weighted by Gasteiger charge is -2.39. The molecule has 4 rings (SSSR count). The van der Waals surface area contributed by atoms with Gasteiger partial charge in [0.1, 0.15) is 5.75 Å². The average molecular weight is 300 g/mol. The zero-order valence-corrected chi connectivity index (χ0v) is 12.6. The van der Waals surface area contributed by atoms with Gasteiger partial charge in [-0.25, -0.2) is 9.97 Å². The molecule has 1 saturated heterocycles. The van der Waals surface area contributed by atoms with Gasteiger partial charge in [-0.15, -0.1) is 0 Å². The molecule has 0 radical (unpaired) electrons. The maximum Gasteiger partial charge on any atom is 0.186 e. The molecule has 0 aliphatic carbocycles. The van der Waals surface area contributed by atoms with Gasteiger partial charge in [0.05, 0.1) is 23.7 Å². The van der Waals surface area contributed by atoms with Crippen molar-refractivity contribution in [2.24, 2.45) is 5.92 Å². The molecule has 21 heavy (non-hydrogen) atoms. The van der Waals surface area contributed by atoms with Crippen LogP contribution in [-0.2, 0) is 6.54 Å². The van der Waals surface area contributed by atoms with Crippen LogP contribution in [-0.4, -0.2) is 34.7 Å². The maximum atomic E-state index is 5.26. The summed E-state index contributed by atoms with van der Waals surface area (Å²) in [6.07, 6.45) is 5.73. The van der Waals surface area contributed by atoms with Crippen LogP contribution in [0.15, 0.2) is 36.9 Å². The summed E-state index contributed by atoms with van der Waals surface area (Å²) in [4.78, 5) is 11.1. The Balaban J connectivity index is 1.46. The number of ether oxygens (including phenoxy) is 1. The van der Waals surface area contributed by atoms with Crippen LogP contribution in [0.4, 0.5) is 5.13 Å². The van der Waals surface area contributed by atoms with E-state index in [-0.39, 0.29) is 0 Å². The minimum absolute atomic E-state index is 0.681. The van der Waals surface area contributed by atoms with Crippen molar-refractivity contribution in [2.45, 2.75) is 6.54 Å². The number of hydrogen-bond donors (Lipinski definition) is 0. The molecule has 3 aromatic rings. The van der Waals surface area contributed by atoms with Gasteiger partial charge in [-0.1, -0.05) is 11.3 Å². The highest BCUT2D eigenvalue weighted by Crippen LogP contribution is 2.34. The van der Waals surface area contributed by atoms with E-state index in [1.54, 1.807) is 18.4 Å². The van der Waals surface area contributed by atoms with Crippen LogP contribution in [0.1, 0.15) is 0 Å². The Hall–Kier alpha value is -2.08. The van der Waals surface area contributed by atoms with E-state index in [1.165, 1.54) is 4.70 Å². The number of fused-ring (bicyclic) bond motifs is 1. The third-order valence-corrected chi connectivity index (χ3v) is 4.92. The summed E-state index contributed by atoms with van der Waals surface area (Å²) < 4.78 is 8.59. The van der Waals surface area contributed by atoms with Crippen LogP contribution in [0.25, 0.3) is 10.2 Å². The number of aromatic nitrogens is 3. The number of thiazole rings is 1. The minimum atomic E-state index is 0.681. The van der Waals surface area contributed by atoms with Crippen LogP contribution in [0.5, 0.6) is 5.75 Å². The van der Waals surface area contributed by atoms with E-state index in [4.69, 9.17) is 9.72 Å². The molecular weight excluding hydrogens is 284 g/mol. The molecule has 5 nitrogen and oxygen atoms in total. The Morgan fingerprint density at radius 2 is 2.29 bits per heavy atom. The number of rotatable bonds is 4. The predicted molar refractivity (Wildman–Crippen MR) is 84.1 cm³/mol. The lowest BCUT2D eigenvalue weighted by atomic mass is 10.0. The van der Waals surface area contributed by atoms with Crippen molar-refractivity contribution in [3.8, 4) is 5.75 Å². The van der Waals surface area contributed by atoms with Crippen LogP contribution >= 0.6 is 11.3 Å². The summed E-state index contributed by atoms with van der Waals surface area (Å²) in [5.41, 5.74) is 1.05. The quantitative estimate of drug-likeness (QED) is 0.743. The van der Waals surface area contributed by atoms with E-state index in [1.807, 2.05) is 30.9 Å². The van der Waals surface area contributed by atoms with Gasteiger partial charge in [0.2, 0.25) is 0 Å². The molecule has 0 atom stereocenters. The Bertz CT molecular complexity index is 746. The number of anilines is 1. The second kappa shape index (κ2) is 5.04.